The third kappa shape index (κ3) is 4.87. The highest BCUT2D eigenvalue weighted by molar-refractivity contribution is 6.01. The minimum Gasteiger partial charge on any atom is -0.378 e. The average Bonchev–Trinajstić information content (AvgIpc) is 3.48. The van der Waals surface area contributed by atoms with Crippen LogP contribution in [0.1, 0.15) is 30.5 Å². The maximum Gasteiger partial charge on any atom is 0.138 e. The van der Waals surface area contributed by atoms with E-state index in [1.807, 2.05) is 12.3 Å². The van der Waals surface area contributed by atoms with Gasteiger partial charge in [-0.15, -0.1) is 0 Å². The van der Waals surface area contributed by atoms with Crippen molar-refractivity contribution in [3.05, 3.63) is 132 Å². The van der Waals surface area contributed by atoms with Gasteiger partial charge in [0.15, 0.2) is 0 Å². The second-order valence-corrected chi connectivity index (χ2v) is 11.3. The molecule has 0 amide bonds. The number of hydrogen-bond acceptors (Lipinski definition) is 7. The van der Waals surface area contributed by atoms with E-state index in [-0.39, 0.29) is 6.04 Å². The van der Waals surface area contributed by atoms with Crippen LogP contribution in [-0.2, 0) is 10.3 Å². The summed E-state index contributed by atoms with van der Waals surface area (Å²) in [5, 5.41) is 10.0. The molecule has 7 rings (SSSR count). The van der Waals surface area contributed by atoms with Gasteiger partial charge in [-0.1, -0.05) is 91.0 Å². The van der Waals surface area contributed by atoms with Crippen LogP contribution in [-0.4, -0.2) is 57.1 Å². The fourth-order valence-corrected chi connectivity index (χ4v) is 6.23. The molecule has 1 fully saturated rings. The monoisotopic (exact) mass is 581 g/mol. The molecule has 1 aliphatic heterocycles. The molecule has 44 heavy (non-hydrogen) atoms. The van der Waals surface area contributed by atoms with Crippen molar-refractivity contribution in [2.24, 2.45) is 0 Å². The molecule has 0 aliphatic carbocycles. The normalized spacial score (nSPS) is 13.8. The van der Waals surface area contributed by atoms with Crippen LogP contribution in [0, 0.1) is 0 Å². The summed E-state index contributed by atoms with van der Waals surface area (Å²) in [6, 6.07) is 36.1. The van der Waals surface area contributed by atoms with Gasteiger partial charge in [-0.25, -0.2) is 19.6 Å². The predicted octanol–water partition coefficient (Wildman–Crippen LogP) is 6.39. The number of nitrogens with zero attached hydrogens (tertiary/aromatic N) is 6. The van der Waals surface area contributed by atoms with Gasteiger partial charge in [0, 0.05) is 31.4 Å². The van der Waals surface area contributed by atoms with Crippen molar-refractivity contribution in [2.75, 3.05) is 36.5 Å². The topological polar surface area (TPSA) is 81.0 Å². The zero-order valence-corrected chi connectivity index (χ0v) is 25.0. The Balaban J connectivity index is 1.57. The summed E-state index contributed by atoms with van der Waals surface area (Å²) in [5.41, 5.74) is 4.94. The van der Waals surface area contributed by atoms with E-state index in [0.717, 1.165) is 63.7 Å². The van der Waals surface area contributed by atoms with E-state index in [1.165, 1.54) is 0 Å². The molecule has 1 N–H and O–H groups in total. The second kappa shape index (κ2) is 11.9. The minimum atomic E-state index is -0.795. The van der Waals surface area contributed by atoms with Crippen molar-refractivity contribution < 1.29 is 4.74 Å². The van der Waals surface area contributed by atoms with Crippen molar-refractivity contribution >= 4 is 22.5 Å². The first-order valence-electron chi connectivity index (χ1n) is 15.1. The fourth-order valence-electron chi connectivity index (χ4n) is 6.23. The molecule has 1 saturated heterocycles. The first-order chi connectivity index (χ1) is 21.7. The third-order valence-electron chi connectivity index (χ3n) is 8.14. The molecule has 0 saturated carbocycles. The van der Waals surface area contributed by atoms with Crippen LogP contribution in [0.2, 0.25) is 0 Å². The van der Waals surface area contributed by atoms with Gasteiger partial charge in [0.1, 0.15) is 29.2 Å². The summed E-state index contributed by atoms with van der Waals surface area (Å²) in [5.74, 6) is 1.64. The SMILES string of the molecule is CC(C)Nc1nccc2c1c(-c1cc(N3CCOCC3)ncn1)nn2C(c1ccccc1)(c1ccccc1)c1ccccc1. The molecule has 0 radical (unpaired) electrons. The molecule has 0 spiro atoms. The highest BCUT2D eigenvalue weighted by atomic mass is 16.5. The summed E-state index contributed by atoms with van der Waals surface area (Å²) >= 11 is 0. The van der Waals surface area contributed by atoms with Crippen molar-refractivity contribution in [1.82, 2.24) is 24.7 Å². The van der Waals surface area contributed by atoms with Gasteiger partial charge in [-0.05, 0) is 36.6 Å². The number of ether oxygens (including phenoxy) is 1. The number of pyridine rings is 1. The Hall–Kier alpha value is -5.08. The van der Waals surface area contributed by atoms with E-state index in [1.54, 1.807) is 6.33 Å². The van der Waals surface area contributed by atoms with E-state index in [4.69, 9.17) is 19.8 Å². The standard InChI is InChI=1S/C36H35N7O/c1-26(2)40-35-33-31(18-19-37-35)43(41-34(33)30-24-32(39-25-38-30)42-20-22-44-23-21-42)36(27-12-6-3-7-13-27,28-14-8-4-9-15-28)29-16-10-5-11-17-29/h3-19,24-26H,20-23H2,1-2H3,(H,37,40). The van der Waals surface area contributed by atoms with Gasteiger partial charge >= 0.3 is 0 Å². The first kappa shape index (κ1) is 27.7. The zero-order valence-electron chi connectivity index (χ0n) is 25.0. The van der Waals surface area contributed by atoms with Crippen molar-refractivity contribution in [2.45, 2.75) is 25.4 Å². The molecular formula is C36H35N7O. The molecule has 3 aromatic carbocycles. The molecular weight excluding hydrogens is 546 g/mol. The Morgan fingerprint density at radius 2 is 1.34 bits per heavy atom. The van der Waals surface area contributed by atoms with E-state index >= 15 is 0 Å². The zero-order chi connectivity index (χ0) is 29.9. The van der Waals surface area contributed by atoms with Crippen LogP contribution in [0.5, 0.6) is 0 Å². The number of hydrogen-bond donors (Lipinski definition) is 1. The van der Waals surface area contributed by atoms with Crippen LogP contribution >= 0.6 is 0 Å². The van der Waals surface area contributed by atoms with Crippen LogP contribution < -0.4 is 10.2 Å². The number of anilines is 2. The van der Waals surface area contributed by atoms with Crippen LogP contribution in [0.25, 0.3) is 22.3 Å². The van der Waals surface area contributed by atoms with Gasteiger partial charge < -0.3 is 15.0 Å². The molecule has 1 aliphatic rings. The number of morpholine rings is 1. The van der Waals surface area contributed by atoms with Crippen molar-refractivity contribution in [3.8, 4) is 11.4 Å². The number of fused-ring (bicyclic) bond motifs is 1. The highest BCUT2D eigenvalue weighted by Crippen LogP contribution is 2.44. The predicted molar refractivity (Wildman–Crippen MR) is 175 cm³/mol. The lowest BCUT2D eigenvalue weighted by atomic mass is 9.77. The van der Waals surface area contributed by atoms with Crippen LogP contribution in [0.3, 0.4) is 0 Å². The molecule has 0 unspecified atom stereocenters. The fraction of sp³-hybridized carbons (Fsp3) is 0.222. The maximum atomic E-state index is 5.60. The summed E-state index contributed by atoms with van der Waals surface area (Å²) in [7, 11) is 0. The van der Waals surface area contributed by atoms with Crippen LogP contribution in [0.15, 0.2) is 116 Å². The summed E-state index contributed by atoms with van der Waals surface area (Å²) < 4.78 is 7.76. The van der Waals surface area contributed by atoms with Gasteiger partial charge in [-0.2, -0.15) is 5.10 Å². The van der Waals surface area contributed by atoms with E-state index in [2.05, 4.69) is 131 Å². The van der Waals surface area contributed by atoms with Gasteiger partial charge in [0.05, 0.1) is 29.8 Å². The quantitative estimate of drug-likeness (QED) is 0.209. The van der Waals surface area contributed by atoms with E-state index in [9.17, 15) is 0 Å². The molecule has 8 heteroatoms. The highest BCUT2D eigenvalue weighted by Gasteiger charge is 2.41. The molecule has 6 aromatic rings. The molecule has 220 valence electrons. The third-order valence-corrected chi connectivity index (χ3v) is 8.14. The lowest BCUT2D eigenvalue weighted by Gasteiger charge is -2.37. The Morgan fingerprint density at radius 3 is 1.91 bits per heavy atom. The molecule has 0 bridgehead atoms. The smallest absolute Gasteiger partial charge is 0.138 e. The molecule has 0 atom stereocenters. The van der Waals surface area contributed by atoms with Gasteiger partial charge in [-0.3, -0.25) is 0 Å². The van der Waals surface area contributed by atoms with Crippen molar-refractivity contribution in [1.29, 1.82) is 0 Å². The Morgan fingerprint density at radius 1 is 0.750 bits per heavy atom. The first-order valence-corrected chi connectivity index (χ1v) is 15.1. The summed E-state index contributed by atoms with van der Waals surface area (Å²) in [4.78, 5) is 16.5. The Labute approximate surface area is 257 Å². The van der Waals surface area contributed by atoms with Gasteiger partial charge in [0.25, 0.3) is 0 Å². The summed E-state index contributed by atoms with van der Waals surface area (Å²) in [6.07, 6.45) is 3.50. The van der Waals surface area contributed by atoms with Crippen LogP contribution in [0.4, 0.5) is 11.6 Å². The number of aromatic nitrogens is 5. The molecule has 8 nitrogen and oxygen atoms in total. The molecule has 4 heterocycles. The van der Waals surface area contributed by atoms with E-state index in [0.29, 0.717) is 13.2 Å². The molecule has 3 aromatic heterocycles. The number of rotatable bonds is 8. The Kier molecular flexibility index (Phi) is 7.50. The summed E-state index contributed by atoms with van der Waals surface area (Å²) in [6.45, 7) is 7.16. The number of nitrogens with one attached hydrogen (secondary N) is 1. The minimum absolute atomic E-state index is 0.167. The van der Waals surface area contributed by atoms with E-state index < -0.39 is 5.54 Å². The Bertz CT molecular complexity index is 1750. The lowest BCUT2D eigenvalue weighted by Crippen LogP contribution is -2.38. The van der Waals surface area contributed by atoms with Crippen molar-refractivity contribution in [3.63, 3.8) is 0 Å². The van der Waals surface area contributed by atoms with Gasteiger partial charge in [0.2, 0.25) is 0 Å². The lowest BCUT2D eigenvalue weighted by molar-refractivity contribution is 0.122. The second-order valence-electron chi connectivity index (χ2n) is 11.3. The average molecular weight is 582 g/mol. The largest absolute Gasteiger partial charge is 0.378 e. The number of benzene rings is 3. The maximum absolute atomic E-state index is 5.60.